The molecule has 0 bridgehead atoms. The molecule has 24 heavy (non-hydrogen) atoms. The highest BCUT2D eigenvalue weighted by Crippen LogP contribution is 2.24. The first-order chi connectivity index (χ1) is 11.5. The summed E-state index contributed by atoms with van der Waals surface area (Å²) in [7, 11) is 0. The Hall–Kier alpha value is -3.22. The van der Waals surface area contributed by atoms with Crippen LogP contribution in [-0.4, -0.2) is 21.9 Å². The SMILES string of the molecule is O=C(O)C[C@H](CC(=O)Nc1cccc([N+](=O)[O-])c1)c1ccccc1. The maximum absolute atomic E-state index is 12.2. The van der Waals surface area contributed by atoms with Gasteiger partial charge in [0, 0.05) is 30.2 Å². The van der Waals surface area contributed by atoms with Gasteiger partial charge in [-0.05, 0) is 11.6 Å². The van der Waals surface area contributed by atoms with Gasteiger partial charge in [-0.3, -0.25) is 19.7 Å². The average Bonchev–Trinajstić information content (AvgIpc) is 2.55. The lowest BCUT2D eigenvalue weighted by atomic mass is 9.92. The molecule has 0 aliphatic heterocycles. The number of amides is 1. The summed E-state index contributed by atoms with van der Waals surface area (Å²) in [6.45, 7) is 0. The van der Waals surface area contributed by atoms with Crippen molar-refractivity contribution in [1.82, 2.24) is 0 Å². The maximum Gasteiger partial charge on any atom is 0.303 e. The molecule has 1 atom stereocenters. The zero-order chi connectivity index (χ0) is 17.5. The van der Waals surface area contributed by atoms with Gasteiger partial charge < -0.3 is 10.4 Å². The Labute approximate surface area is 138 Å². The molecule has 0 aliphatic carbocycles. The number of non-ortho nitro benzene ring substituents is 1. The molecule has 2 rings (SSSR count). The summed E-state index contributed by atoms with van der Waals surface area (Å²) in [6.07, 6.45) is -0.203. The number of anilines is 1. The van der Waals surface area contributed by atoms with Crippen LogP contribution in [0, 0.1) is 10.1 Å². The molecule has 0 radical (unpaired) electrons. The van der Waals surface area contributed by atoms with Gasteiger partial charge in [-0.2, -0.15) is 0 Å². The summed E-state index contributed by atoms with van der Waals surface area (Å²) in [6, 6.07) is 14.5. The minimum atomic E-state index is -0.994. The lowest BCUT2D eigenvalue weighted by Crippen LogP contribution is -2.17. The number of aliphatic carboxylic acids is 1. The van der Waals surface area contributed by atoms with Crippen LogP contribution in [0.1, 0.15) is 24.3 Å². The van der Waals surface area contributed by atoms with Crippen molar-refractivity contribution < 1.29 is 19.6 Å². The van der Waals surface area contributed by atoms with Gasteiger partial charge in [0.05, 0.1) is 11.3 Å². The molecule has 2 N–H and O–H groups in total. The monoisotopic (exact) mass is 328 g/mol. The van der Waals surface area contributed by atoms with Gasteiger partial charge in [-0.25, -0.2) is 0 Å². The summed E-state index contributed by atoms with van der Waals surface area (Å²) < 4.78 is 0. The smallest absolute Gasteiger partial charge is 0.303 e. The van der Waals surface area contributed by atoms with Gasteiger partial charge in [0.25, 0.3) is 5.69 Å². The van der Waals surface area contributed by atoms with Crippen LogP contribution in [0.15, 0.2) is 54.6 Å². The van der Waals surface area contributed by atoms with Gasteiger partial charge in [0.2, 0.25) is 5.91 Å². The molecule has 0 aliphatic rings. The zero-order valence-corrected chi connectivity index (χ0v) is 12.7. The van der Waals surface area contributed by atoms with Crippen LogP contribution in [0.25, 0.3) is 0 Å². The molecule has 0 unspecified atom stereocenters. The van der Waals surface area contributed by atoms with Crippen molar-refractivity contribution in [1.29, 1.82) is 0 Å². The summed E-state index contributed by atoms with van der Waals surface area (Å²) >= 11 is 0. The fourth-order valence-electron chi connectivity index (χ4n) is 2.38. The number of carbonyl (C=O) groups excluding carboxylic acids is 1. The van der Waals surface area contributed by atoms with E-state index in [-0.39, 0.29) is 18.5 Å². The lowest BCUT2D eigenvalue weighted by Gasteiger charge is -2.15. The first-order valence-corrected chi connectivity index (χ1v) is 7.26. The highest BCUT2D eigenvalue weighted by atomic mass is 16.6. The van der Waals surface area contributed by atoms with Crippen molar-refractivity contribution in [3.8, 4) is 0 Å². The largest absolute Gasteiger partial charge is 0.481 e. The Morgan fingerprint density at radius 2 is 1.79 bits per heavy atom. The average molecular weight is 328 g/mol. The van der Waals surface area contributed by atoms with Crippen LogP contribution < -0.4 is 5.32 Å². The van der Waals surface area contributed by atoms with Crippen LogP contribution in [0.4, 0.5) is 11.4 Å². The Morgan fingerprint density at radius 3 is 2.42 bits per heavy atom. The first kappa shape index (κ1) is 17.1. The minimum absolute atomic E-state index is 0.0288. The van der Waals surface area contributed by atoms with Crippen molar-refractivity contribution in [2.24, 2.45) is 0 Å². The number of nitro groups is 1. The summed E-state index contributed by atoms with van der Waals surface area (Å²) in [5.41, 5.74) is 0.934. The van der Waals surface area contributed by atoms with E-state index in [9.17, 15) is 19.7 Å². The molecule has 0 saturated carbocycles. The van der Waals surface area contributed by atoms with E-state index in [0.29, 0.717) is 5.69 Å². The van der Waals surface area contributed by atoms with Crippen molar-refractivity contribution in [2.75, 3.05) is 5.32 Å². The molecular formula is C17H16N2O5. The van der Waals surface area contributed by atoms with Gasteiger partial charge in [-0.15, -0.1) is 0 Å². The third-order valence-electron chi connectivity index (χ3n) is 3.46. The summed E-state index contributed by atoms with van der Waals surface area (Å²) in [5.74, 6) is -1.86. The summed E-state index contributed by atoms with van der Waals surface area (Å²) in [4.78, 5) is 33.4. The Bertz CT molecular complexity index is 746. The highest BCUT2D eigenvalue weighted by molar-refractivity contribution is 5.91. The zero-order valence-electron chi connectivity index (χ0n) is 12.7. The molecule has 0 aromatic heterocycles. The van der Waals surface area contributed by atoms with Crippen molar-refractivity contribution in [3.63, 3.8) is 0 Å². The third-order valence-corrected chi connectivity index (χ3v) is 3.46. The normalized spacial score (nSPS) is 11.5. The van der Waals surface area contributed by atoms with E-state index in [1.54, 1.807) is 30.3 Å². The third kappa shape index (κ3) is 4.91. The van der Waals surface area contributed by atoms with E-state index in [4.69, 9.17) is 5.11 Å². The number of hydrogen-bond donors (Lipinski definition) is 2. The maximum atomic E-state index is 12.2. The standard InChI is InChI=1S/C17H16N2O5/c20-16(18-14-7-4-8-15(11-14)19(23)24)9-13(10-17(21)22)12-5-2-1-3-6-12/h1-8,11,13H,9-10H2,(H,18,20)(H,21,22)/t13-/m0/s1. The molecule has 0 heterocycles. The Balaban J connectivity index is 2.09. The van der Waals surface area contributed by atoms with Gasteiger partial charge >= 0.3 is 5.97 Å². The van der Waals surface area contributed by atoms with Gasteiger partial charge in [-0.1, -0.05) is 36.4 Å². The van der Waals surface area contributed by atoms with Crippen LogP contribution in [0.2, 0.25) is 0 Å². The van der Waals surface area contributed by atoms with E-state index in [0.717, 1.165) is 5.56 Å². The van der Waals surface area contributed by atoms with Gasteiger partial charge in [0.15, 0.2) is 0 Å². The second-order valence-corrected chi connectivity index (χ2v) is 5.27. The molecule has 0 saturated heterocycles. The molecule has 0 fully saturated rings. The number of nitro benzene ring substituents is 1. The van der Waals surface area contributed by atoms with Crippen LogP contribution >= 0.6 is 0 Å². The molecule has 7 nitrogen and oxygen atoms in total. The summed E-state index contributed by atoms with van der Waals surface area (Å²) in [5, 5.41) is 22.4. The number of nitrogens with one attached hydrogen (secondary N) is 1. The highest BCUT2D eigenvalue weighted by Gasteiger charge is 2.19. The van der Waals surface area contributed by atoms with Crippen molar-refractivity contribution >= 4 is 23.3 Å². The Morgan fingerprint density at radius 1 is 1.08 bits per heavy atom. The van der Waals surface area contributed by atoms with E-state index in [2.05, 4.69) is 5.32 Å². The van der Waals surface area contributed by atoms with Crippen molar-refractivity contribution in [3.05, 3.63) is 70.3 Å². The molecule has 0 spiro atoms. The first-order valence-electron chi connectivity index (χ1n) is 7.26. The number of rotatable bonds is 7. The predicted octanol–water partition coefficient (Wildman–Crippen LogP) is 3.18. The predicted molar refractivity (Wildman–Crippen MR) is 87.8 cm³/mol. The Kier molecular flexibility index (Phi) is 5.62. The molecule has 1 amide bonds. The van der Waals surface area contributed by atoms with E-state index in [1.807, 2.05) is 6.07 Å². The van der Waals surface area contributed by atoms with E-state index < -0.39 is 22.7 Å². The van der Waals surface area contributed by atoms with Crippen LogP contribution in [0.3, 0.4) is 0 Å². The number of hydrogen-bond acceptors (Lipinski definition) is 4. The fourth-order valence-corrected chi connectivity index (χ4v) is 2.38. The van der Waals surface area contributed by atoms with Crippen LogP contribution in [-0.2, 0) is 9.59 Å². The van der Waals surface area contributed by atoms with E-state index >= 15 is 0 Å². The second-order valence-electron chi connectivity index (χ2n) is 5.27. The number of carboxylic acid groups (broad SMARTS) is 1. The number of carboxylic acids is 1. The fraction of sp³-hybridized carbons (Fsp3) is 0.176. The minimum Gasteiger partial charge on any atom is -0.481 e. The molecule has 124 valence electrons. The van der Waals surface area contributed by atoms with Crippen molar-refractivity contribution in [2.45, 2.75) is 18.8 Å². The lowest BCUT2D eigenvalue weighted by molar-refractivity contribution is -0.384. The quantitative estimate of drug-likeness (QED) is 0.599. The van der Waals surface area contributed by atoms with E-state index in [1.165, 1.54) is 18.2 Å². The second kappa shape index (κ2) is 7.87. The number of benzene rings is 2. The van der Waals surface area contributed by atoms with Gasteiger partial charge in [0.1, 0.15) is 0 Å². The topological polar surface area (TPSA) is 110 Å². The molecule has 2 aromatic rings. The number of carbonyl (C=O) groups is 2. The molecular weight excluding hydrogens is 312 g/mol. The van der Waals surface area contributed by atoms with Crippen LogP contribution in [0.5, 0.6) is 0 Å². The molecule has 2 aromatic carbocycles. The number of nitrogens with zero attached hydrogens (tertiary/aromatic N) is 1. The molecule has 7 heteroatoms.